The zero-order valence-corrected chi connectivity index (χ0v) is 20.8. The third-order valence-corrected chi connectivity index (χ3v) is 6.40. The molecule has 3 heterocycles. The van der Waals surface area contributed by atoms with E-state index >= 15 is 0 Å². The number of amides is 2. The lowest BCUT2D eigenvalue weighted by Gasteiger charge is -2.38. The van der Waals surface area contributed by atoms with Crippen molar-refractivity contribution in [3.05, 3.63) is 52.6 Å². The normalized spacial score (nSPS) is 13.9. The molecule has 0 radical (unpaired) electrons. The number of likely N-dealkylation sites (tertiary alicyclic amines) is 1. The molecule has 2 aromatic heterocycles. The Hall–Kier alpha value is -3.84. The minimum absolute atomic E-state index is 0.0360. The Balaban J connectivity index is 1.51. The minimum atomic E-state index is -0.409. The number of anilines is 1. The maximum Gasteiger partial charge on any atom is 0.271 e. The largest absolute Gasteiger partial charge is 0.361 e. The lowest BCUT2D eigenvalue weighted by Crippen LogP contribution is -2.60. The number of imidazole rings is 1. The van der Waals surface area contributed by atoms with Gasteiger partial charge in [0.05, 0.1) is 18.1 Å². The summed E-state index contributed by atoms with van der Waals surface area (Å²) in [6.07, 6.45) is 1.24. The number of hydrogen-bond donors (Lipinski definition) is 3. The number of aromatic nitrogens is 4. The number of rotatable bonds is 6. The Kier molecular flexibility index (Phi) is 6.30. The number of hydrogen-bond acceptors (Lipinski definition) is 6. The number of fused-ring (bicyclic) bond motifs is 1. The highest BCUT2D eigenvalue weighted by atomic mass is 35.5. The van der Waals surface area contributed by atoms with Crippen LogP contribution in [-0.2, 0) is 23.8 Å². The number of H-pyrrole nitrogens is 1. The van der Waals surface area contributed by atoms with Crippen molar-refractivity contribution in [3.63, 3.8) is 0 Å². The molecule has 0 bridgehead atoms. The summed E-state index contributed by atoms with van der Waals surface area (Å²) in [7, 11) is 1.69. The Morgan fingerprint density at radius 3 is 2.71 bits per heavy atom. The molecule has 1 saturated heterocycles. The summed E-state index contributed by atoms with van der Waals surface area (Å²) < 4.78 is 1.60. The van der Waals surface area contributed by atoms with Gasteiger partial charge in [-0.05, 0) is 29.2 Å². The Bertz CT molecular complexity index is 1370. The molecule has 1 aliphatic rings. The maximum atomic E-state index is 12.9. The summed E-state index contributed by atoms with van der Waals surface area (Å²) >= 11 is 6.46. The number of nitrogens with one attached hydrogen (secondary N) is 3. The summed E-state index contributed by atoms with van der Waals surface area (Å²) in [5, 5.41) is 24.6. The molecule has 0 unspecified atom stereocenters. The van der Waals surface area contributed by atoms with E-state index in [1.807, 2.05) is 18.2 Å². The molecule has 2 amide bonds. The average molecular weight is 495 g/mol. The van der Waals surface area contributed by atoms with Crippen LogP contribution in [0.15, 0.2) is 24.8 Å². The summed E-state index contributed by atoms with van der Waals surface area (Å²) in [6.45, 7) is 10.8. The zero-order valence-electron chi connectivity index (χ0n) is 20.1. The van der Waals surface area contributed by atoms with E-state index in [-0.39, 0.29) is 35.3 Å². The van der Waals surface area contributed by atoms with Crippen LogP contribution >= 0.6 is 11.6 Å². The van der Waals surface area contributed by atoms with Crippen LogP contribution in [0.2, 0.25) is 5.02 Å². The van der Waals surface area contributed by atoms with Crippen molar-refractivity contribution in [2.45, 2.75) is 38.8 Å². The lowest BCUT2D eigenvalue weighted by atomic mass is 9.86. The first-order valence-electron chi connectivity index (χ1n) is 11.1. The van der Waals surface area contributed by atoms with Gasteiger partial charge in [-0.3, -0.25) is 14.7 Å². The van der Waals surface area contributed by atoms with E-state index in [0.29, 0.717) is 29.8 Å². The van der Waals surface area contributed by atoms with Crippen molar-refractivity contribution in [1.82, 2.24) is 30.0 Å². The van der Waals surface area contributed by atoms with Crippen molar-refractivity contribution >= 4 is 40.1 Å². The van der Waals surface area contributed by atoms with Crippen LogP contribution in [0.3, 0.4) is 0 Å². The monoisotopic (exact) mass is 494 g/mol. The molecular weight excluding hydrogens is 468 g/mol. The molecule has 1 aromatic carbocycles. The highest BCUT2D eigenvalue weighted by Gasteiger charge is 2.32. The SMILES string of the molecule is C=CC(=O)N1CC(NC(=O)c2c(C#N)nc(CNc3n[nH]c4cc(Cl)c(C(C)(C)C)cc34)n2C)C1. The van der Waals surface area contributed by atoms with E-state index in [2.05, 4.69) is 53.2 Å². The molecule has 0 aliphatic carbocycles. The number of benzene rings is 1. The number of carbonyl (C=O) groups excluding carboxylic acids is 2. The van der Waals surface area contributed by atoms with Crippen molar-refractivity contribution in [1.29, 1.82) is 5.26 Å². The van der Waals surface area contributed by atoms with E-state index in [1.54, 1.807) is 16.5 Å². The molecule has 10 nitrogen and oxygen atoms in total. The van der Waals surface area contributed by atoms with Gasteiger partial charge in [-0.2, -0.15) is 10.4 Å². The number of nitrogens with zero attached hydrogens (tertiary/aromatic N) is 5. The molecule has 182 valence electrons. The fraction of sp³-hybridized carbons (Fsp3) is 0.375. The smallest absolute Gasteiger partial charge is 0.271 e. The van der Waals surface area contributed by atoms with Crippen LogP contribution in [-0.4, -0.2) is 55.6 Å². The first-order valence-corrected chi connectivity index (χ1v) is 11.5. The molecule has 3 N–H and O–H groups in total. The lowest BCUT2D eigenvalue weighted by molar-refractivity contribution is -0.130. The zero-order chi connectivity index (χ0) is 25.5. The molecule has 3 aromatic rings. The van der Waals surface area contributed by atoms with Crippen LogP contribution in [0.1, 0.15) is 48.3 Å². The topological polar surface area (TPSA) is 132 Å². The minimum Gasteiger partial charge on any atom is -0.361 e. The average Bonchev–Trinajstić information content (AvgIpc) is 3.32. The van der Waals surface area contributed by atoms with Gasteiger partial charge in [-0.1, -0.05) is 39.0 Å². The van der Waals surface area contributed by atoms with Crippen LogP contribution in [0.25, 0.3) is 10.9 Å². The van der Waals surface area contributed by atoms with Crippen LogP contribution in [0, 0.1) is 11.3 Å². The first-order chi connectivity index (χ1) is 16.5. The molecule has 1 aliphatic heterocycles. The van der Waals surface area contributed by atoms with Gasteiger partial charge in [-0.25, -0.2) is 4.98 Å². The summed E-state index contributed by atoms with van der Waals surface area (Å²) in [5.41, 5.74) is 1.87. The number of carbonyl (C=O) groups is 2. The third-order valence-electron chi connectivity index (χ3n) is 6.08. The maximum absolute atomic E-state index is 12.9. The van der Waals surface area contributed by atoms with Crippen LogP contribution in [0.4, 0.5) is 5.82 Å². The van der Waals surface area contributed by atoms with Gasteiger partial charge in [0.1, 0.15) is 17.6 Å². The number of aromatic amines is 1. The highest BCUT2D eigenvalue weighted by Crippen LogP contribution is 2.34. The van der Waals surface area contributed by atoms with Crippen LogP contribution < -0.4 is 10.6 Å². The molecule has 0 spiro atoms. The van der Waals surface area contributed by atoms with E-state index in [4.69, 9.17) is 11.6 Å². The molecule has 4 rings (SSSR count). The Morgan fingerprint density at radius 2 is 2.09 bits per heavy atom. The second-order valence-corrected chi connectivity index (χ2v) is 9.97. The van der Waals surface area contributed by atoms with Gasteiger partial charge < -0.3 is 20.1 Å². The Labute approximate surface area is 207 Å². The fourth-order valence-electron chi connectivity index (χ4n) is 4.08. The predicted octanol–water partition coefficient (Wildman–Crippen LogP) is 2.86. The molecular formula is C24H27ClN8O2. The first kappa shape index (κ1) is 24.3. The summed E-state index contributed by atoms with van der Waals surface area (Å²) in [5.74, 6) is 0.541. The molecule has 0 saturated carbocycles. The molecule has 0 atom stereocenters. The van der Waals surface area contributed by atoms with Crippen molar-refractivity contribution in [2.75, 3.05) is 18.4 Å². The van der Waals surface area contributed by atoms with Gasteiger partial charge >= 0.3 is 0 Å². The van der Waals surface area contributed by atoms with E-state index < -0.39 is 5.91 Å². The van der Waals surface area contributed by atoms with Crippen molar-refractivity contribution < 1.29 is 9.59 Å². The van der Waals surface area contributed by atoms with Gasteiger partial charge in [0.15, 0.2) is 11.5 Å². The van der Waals surface area contributed by atoms with Gasteiger partial charge in [-0.15, -0.1) is 0 Å². The quantitative estimate of drug-likeness (QED) is 0.451. The number of halogens is 1. The Morgan fingerprint density at radius 1 is 1.37 bits per heavy atom. The second kappa shape index (κ2) is 9.07. The molecule has 1 fully saturated rings. The molecule has 35 heavy (non-hydrogen) atoms. The standard InChI is InChI=1S/C24H27ClN8O2/c1-6-20(34)33-11-13(12-33)28-23(35)21-18(9-26)29-19(32(21)5)10-27-22-14-7-15(24(2,3)4)16(25)8-17(14)30-31-22/h6-8,13H,1,10-12H2,2-5H3,(H,28,35)(H2,27,30,31). The summed E-state index contributed by atoms with van der Waals surface area (Å²) in [6, 6.07) is 5.69. The molecule has 11 heteroatoms. The van der Waals surface area contributed by atoms with Gasteiger partial charge in [0, 0.05) is 30.5 Å². The van der Waals surface area contributed by atoms with E-state index in [1.165, 1.54) is 6.08 Å². The third kappa shape index (κ3) is 4.59. The summed E-state index contributed by atoms with van der Waals surface area (Å²) in [4.78, 5) is 30.4. The van der Waals surface area contributed by atoms with Crippen molar-refractivity contribution in [2.24, 2.45) is 7.05 Å². The van der Waals surface area contributed by atoms with Gasteiger partial charge in [0.2, 0.25) is 5.91 Å². The fourth-order valence-corrected chi connectivity index (χ4v) is 4.53. The number of nitriles is 1. The van der Waals surface area contributed by atoms with Gasteiger partial charge in [0.25, 0.3) is 5.91 Å². The predicted molar refractivity (Wildman–Crippen MR) is 133 cm³/mol. The highest BCUT2D eigenvalue weighted by molar-refractivity contribution is 6.32. The van der Waals surface area contributed by atoms with Crippen LogP contribution in [0.5, 0.6) is 0 Å². The van der Waals surface area contributed by atoms with E-state index in [0.717, 1.165) is 16.5 Å². The van der Waals surface area contributed by atoms with Crippen molar-refractivity contribution in [3.8, 4) is 6.07 Å². The second-order valence-electron chi connectivity index (χ2n) is 9.57. The van der Waals surface area contributed by atoms with E-state index in [9.17, 15) is 14.9 Å².